The van der Waals surface area contributed by atoms with E-state index in [1.165, 1.54) is 5.57 Å². The number of nitroso groups, excluding NO2 is 1. The maximum atomic E-state index is 12.4. The molecule has 0 spiro atoms. The van der Waals surface area contributed by atoms with Gasteiger partial charge in [0.05, 0.1) is 11.8 Å². The number of nitrogens with zero attached hydrogens (tertiary/aromatic N) is 2. The van der Waals surface area contributed by atoms with E-state index in [1.54, 1.807) is 0 Å². The molecule has 154 valence electrons. The number of hydrogen-bond donors (Lipinski definition) is 0. The molecule has 0 heterocycles. The first-order chi connectivity index (χ1) is 13.5. The molecular weight excluding hydrogens is 380 g/mol. The molecule has 28 heavy (non-hydrogen) atoms. The van der Waals surface area contributed by atoms with Gasteiger partial charge in [0.1, 0.15) is 6.10 Å². The summed E-state index contributed by atoms with van der Waals surface area (Å²) >= 11 is 5.64. The van der Waals surface area contributed by atoms with Crippen molar-refractivity contribution >= 4 is 23.5 Å². The third-order valence-electron chi connectivity index (χ3n) is 8.06. The number of fused-ring (bicyclic) bond motifs is 5. The number of ether oxygens (including phenoxy) is 1. The first-order valence-electron chi connectivity index (χ1n) is 10.6. The summed E-state index contributed by atoms with van der Waals surface area (Å²) in [6.45, 7) is 2.33. The van der Waals surface area contributed by atoms with E-state index in [4.69, 9.17) is 16.3 Å². The standard InChI is InChI=1S/C21H29ClN2O4/c1-21-9-8-16-15-5-3-14(25)12-13(15)2-4-17(16)18(21)6-7-19(21)28-20(26)24(23-27)11-10-22/h12,15-19H,2-11H2,1H3/t15-,16-,17+,18+,19-,21+/m1/s1. The monoisotopic (exact) mass is 408 g/mol. The highest BCUT2D eigenvalue weighted by Gasteiger charge is 2.57. The molecule has 3 fully saturated rings. The van der Waals surface area contributed by atoms with Gasteiger partial charge in [-0.2, -0.15) is 5.01 Å². The highest BCUT2D eigenvalue weighted by Crippen LogP contribution is 2.62. The maximum Gasteiger partial charge on any atom is 0.433 e. The molecule has 0 radical (unpaired) electrons. The van der Waals surface area contributed by atoms with Crippen molar-refractivity contribution in [1.82, 2.24) is 5.01 Å². The maximum absolute atomic E-state index is 12.4. The first kappa shape index (κ1) is 19.9. The average Bonchev–Trinajstić information content (AvgIpc) is 3.01. The molecule has 0 aromatic carbocycles. The number of alkyl halides is 1. The smallest absolute Gasteiger partial charge is 0.433 e. The molecule has 0 aromatic rings. The van der Waals surface area contributed by atoms with Crippen molar-refractivity contribution in [3.63, 3.8) is 0 Å². The quantitative estimate of drug-likeness (QED) is 0.378. The van der Waals surface area contributed by atoms with E-state index in [9.17, 15) is 14.5 Å². The van der Waals surface area contributed by atoms with Crippen LogP contribution in [0.1, 0.15) is 58.3 Å². The van der Waals surface area contributed by atoms with E-state index in [-0.39, 0.29) is 23.9 Å². The van der Waals surface area contributed by atoms with Gasteiger partial charge in [0.2, 0.25) is 0 Å². The van der Waals surface area contributed by atoms with Gasteiger partial charge in [-0.05, 0) is 74.7 Å². The number of carbonyl (C=O) groups excluding carboxylic acids is 2. The van der Waals surface area contributed by atoms with E-state index in [2.05, 4.69) is 12.2 Å². The largest absolute Gasteiger partial charge is 0.444 e. The summed E-state index contributed by atoms with van der Waals surface area (Å²) < 4.78 is 5.77. The number of allylic oxidation sites excluding steroid dienone is 1. The van der Waals surface area contributed by atoms with Gasteiger partial charge in [-0.25, -0.2) is 4.79 Å². The highest BCUT2D eigenvalue weighted by molar-refractivity contribution is 6.18. The fourth-order valence-corrected chi connectivity index (χ4v) is 6.91. The molecule has 0 aliphatic heterocycles. The number of ketones is 1. The Hall–Kier alpha value is -1.43. The van der Waals surface area contributed by atoms with Crippen LogP contribution in [0.2, 0.25) is 0 Å². The summed E-state index contributed by atoms with van der Waals surface area (Å²) in [5.74, 6) is 2.85. The van der Waals surface area contributed by atoms with Gasteiger partial charge < -0.3 is 4.74 Å². The van der Waals surface area contributed by atoms with Crippen molar-refractivity contribution in [3.05, 3.63) is 16.6 Å². The zero-order valence-corrected chi connectivity index (χ0v) is 17.2. The fourth-order valence-electron chi connectivity index (χ4n) is 6.75. The number of amides is 1. The molecule has 4 rings (SSSR count). The second-order valence-corrected chi connectivity index (χ2v) is 9.57. The van der Waals surface area contributed by atoms with E-state index in [0.29, 0.717) is 35.9 Å². The van der Waals surface area contributed by atoms with Crippen LogP contribution < -0.4 is 0 Å². The molecule has 0 saturated heterocycles. The van der Waals surface area contributed by atoms with Gasteiger partial charge in [-0.3, -0.25) is 4.79 Å². The van der Waals surface area contributed by atoms with Crippen LogP contribution in [0.5, 0.6) is 0 Å². The minimum atomic E-state index is -0.677. The minimum Gasteiger partial charge on any atom is -0.444 e. The van der Waals surface area contributed by atoms with E-state index in [1.807, 2.05) is 6.08 Å². The van der Waals surface area contributed by atoms with Crippen LogP contribution in [0, 0.1) is 34.0 Å². The van der Waals surface area contributed by atoms with Gasteiger partial charge in [0.15, 0.2) is 5.78 Å². The van der Waals surface area contributed by atoms with Crippen LogP contribution in [0.15, 0.2) is 16.9 Å². The van der Waals surface area contributed by atoms with Gasteiger partial charge in [0.25, 0.3) is 0 Å². The van der Waals surface area contributed by atoms with Gasteiger partial charge in [0, 0.05) is 17.7 Å². The normalized spacial score (nSPS) is 39.3. The molecule has 0 N–H and O–H groups in total. The second kappa shape index (κ2) is 7.77. The molecule has 1 amide bonds. The lowest BCUT2D eigenvalue weighted by Gasteiger charge is -2.53. The highest BCUT2D eigenvalue weighted by atomic mass is 35.5. The Morgan fingerprint density at radius 1 is 1.25 bits per heavy atom. The Balaban J connectivity index is 1.48. The van der Waals surface area contributed by atoms with Crippen LogP contribution in [-0.4, -0.2) is 35.4 Å². The molecule has 3 saturated carbocycles. The van der Waals surface area contributed by atoms with Crippen molar-refractivity contribution in [3.8, 4) is 0 Å². The van der Waals surface area contributed by atoms with Crippen molar-refractivity contribution in [1.29, 1.82) is 0 Å². The minimum absolute atomic E-state index is 0.0436. The van der Waals surface area contributed by atoms with E-state index in [0.717, 1.165) is 50.0 Å². The van der Waals surface area contributed by atoms with Crippen LogP contribution in [0.4, 0.5) is 4.79 Å². The summed E-state index contributed by atoms with van der Waals surface area (Å²) in [4.78, 5) is 35.1. The van der Waals surface area contributed by atoms with Crippen molar-refractivity contribution in [2.75, 3.05) is 12.4 Å². The zero-order chi connectivity index (χ0) is 19.9. The topological polar surface area (TPSA) is 76.0 Å². The summed E-state index contributed by atoms with van der Waals surface area (Å²) in [6, 6.07) is 0. The lowest BCUT2D eigenvalue weighted by atomic mass is 9.52. The van der Waals surface area contributed by atoms with Crippen LogP contribution in [0.25, 0.3) is 0 Å². The van der Waals surface area contributed by atoms with E-state index >= 15 is 0 Å². The number of halogens is 1. The molecule has 6 atom stereocenters. The SMILES string of the molecule is C[C@]12CC[C@H]3[C@H](CCC4=CC(=O)CC[C@H]43)[C@@H]1CC[C@H]2OC(=O)N(CCCl)N=O. The third-order valence-corrected chi connectivity index (χ3v) is 8.23. The molecule has 4 aliphatic carbocycles. The first-order valence-corrected chi connectivity index (χ1v) is 11.1. The molecule has 4 aliphatic rings. The predicted octanol–water partition coefficient (Wildman–Crippen LogP) is 4.86. The average molecular weight is 409 g/mol. The summed E-state index contributed by atoms with van der Waals surface area (Å²) in [7, 11) is 0. The summed E-state index contributed by atoms with van der Waals surface area (Å²) in [6.07, 6.45) is 9.00. The Labute approximate surface area is 170 Å². The third kappa shape index (κ3) is 3.27. The number of carbonyl (C=O) groups is 2. The van der Waals surface area contributed by atoms with Crippen LogP contribution >= 0.6 is 11.6 Å². The van der Waals surface area contributed by atoms with E-state index < -0.39 is 6.09 Å². The number of rotatable bonds is 4. The summed E-state index contributed by atoms with van der Waals surface area (Å²) in [5, 5.41) is 3.54. The molecule has 0 unspecified atom stereocenters. The van der Waals surface area contributed by atoms with Crippen LogP contribution in [-0.2, 0) is 9.53 Å². The predicted molar refractivity (Wildman–Crippen MR) is 106 cm³/mol. The van der Waals surface area contributed by atoms with Crippen molar-refractivity contribution in [2.24, 2.45) is 34.4 Å². The molecule has 6 nitrogen and oxygen atoms in total. The molecular formula is C21H29ClN2O4. The molecule has 0 aromatic heterocycles. The Bertz CT molecular complexity index is 696. The molecule has 0 bridgehead atoms. The van der Waals surface area contributed by atoms with Gasteiger partial charge >= 0.3 is 6.09 Å². The second-order valence-electron chi connectivity index (χ2n) is 9.19. The zero-order valence-electron chi connectivity index (χ0n) is 16.4. The molecule has 7 heteroatoms. The Morgan fingerprint density at radius 2 is 2.07 bits per heavy atom. The Morgan fingerprint density at radius 3 is 2.82 bits per heavy atom. The van der Waals surface area contributed by atoms with Crippen LogP contribution in [0.3, 0.4) is 0 Å². The lowest BCUT2D eigenvalue weighted by molar-refractivity contribution is -0.116. The fraction of sp³-hybridized carbons (Fsp3) is 0.810. The summed E-state index contributed by atoms with van der Waals surface area (Å²) in [5.41, 5.74) is 1.34. The van der Waals surface area contributed by atoms with Crippen molar-refractivity contribution < 1.29 is 14.3 Å². The van der Waals surface area contributed by atoms with Gasteiger partial charge in [-0.1, -0.05) is 12.5 Å². The lowest BCUT2D eigenvalue weighted by Crippen LogP contribution is -2.49. The van der Waals surface area contributed by atoms with Gasteiger partial charge in [-0.15, -0.1) is 16.5 Å². The number of hydrogen-bond acceptors (Lipinski definition) is 5. The van der Waals surface area contributed by atoms with Crippen molar-refractivity contribution in [2.45, 2.75) is 64.4 Å². The Kier molecular flexibility index (Phi) is 5.51.